The summed E-state index contributed by atoms with van der Waals surface area (Å²) in [5, 5.41) is 8.42. The summed E-state index contributed by atoms with van der Waals surface area (Å²) in [6.07, 6.45) is 5.94. The molecular weight excluding hydrogens is 436 g/mol. The van der Waals surface area contributed by atoms with Crippen molar-refractivity contribution in [3.63, 3.8) is 0 Å². The van der Waals surface area contributed by atoms with Crippen molar-refractivity contribution in [3.05, 3.63) is 60.2 Å². The van der Waals surface area contributed by atoms with Gasteiger partial charge in [0.2, 0.25) is 0 Å². The minimum Gasteiger partial charge on any atom is -0.457 e. The Morgan fingerprint density at radius 3 is 2.26 bits per heavy atom. The summed E-state index contributed by atoms with van der Waals surface area (Å²) in [4.78, 5) is 12.6. The van der Waals surface area contributed by atoms with Crippen molar-refractivity contribution in [2.45, 2.75) is 58.9 Å². The third-order valence-electron chi connectivity index (χ3n) is 7.85. The van der Waals surface area contributed by atoms with E-state index in [2.05, 4.69) is 30.8 Å². The smallest absolute Gasteiger partial charge is 0.254 e. The van der Waals surface area contributed by atoms with Crippen LogP contribution in [0.5, 0.6) is 11.5 Å². The van der Waals surface area contributed by atoms with Crippen LogP contribution in [0.4, 0.5) is 5.82 Å². The molecule has 2 aliphatic rings. The van der Waals surface area contributed by atoms with Crippen molar-refractivity contribution in [2.24, 2.45) is 23.0 Å². The molecule has 1 fully saturated rings. The number of nitrogens with two attached hydrogens (primary N) is 1. The lowest BCUT2D eigenvalue weighted by Crippen LogP contribution is -2.34. The molecule has 0 bridgehead atoms. The van der Waals surface area contributed by atoms with Crippen LogP contribution in [0.3, 0.4) is 0 Å². The number of anilines is 1. The van der Waals surface area contributed by atoms with Gasteiger partial charge in [0, 0.05) is 12.1 Å². The van der Waals surface area contributed by atoms with Crippen LogP contribution in [-0.4, -0.2) is 22.2 Å². The Bertz CT molecular complexity index is 1170. The summed E-state index contributed by atoms with van der Waals surface area (Å²) in [6.45, 7) is 7.90. The molecule has 0 radical (unpaired) electrons. The number of hydrogen-bond acceptors (Lipinski definition) is 4. The number of para-hydroxylation sites is 1. The highest BCUT2D eigenvalue weighted by Crippen LogP contribution is 2.46. The van der Waals surface area contributed by atoms with E-state index in [1.165, 1.54) is 25.7 Å². The van der Waals surface area contributed by atoms with Crippen molar-refractivity contribution >= 4 is 11.7 Å². The molecule has 1 aliphatic heterocycles. The molecule has 6 nitrogen and oxygen atoms in total. The number of benzene rings is 2. The van der Waals surface area contributed by atoms with Gasteiger partial charge in [0.15, 0.2) is 0 Å². The second-order valence-electron chi connectivity index (χ2n) is 11.1. The van der Waals surface area contributed by atoms with Gasteiger partial charge in [-0.2, -0.15) is 5.10 Å². The quantitative estimate of drug-likeness (QED) is 0.435. The highest BCUT2D eigenvalue weighted by atomic mass is 16.5. The molecule has 6 heteroatoms. The second-order valence-corrected chi connectivity index (χ2v) is 11.1. The van der Waals surface area contributed by atoms with Crippen molar-refractivity contribution in [1.29, 1.82) is 0 Å². The lowest BCUT2D eigenvalue weighted by atomic mass is 9.68. The average molecular weight is 473 g/mol. The van der Waals surface area contributed by atoms with Gasteiger partial charge in [-0.1, -0.05) is 39.0 Å². The first-order valence-corrected chi connectivity index (χ1v) is 12.8. The molecule has 35 heavy (non-hydrogen) atoms. The largest absolute Gasteiger partial charge is 0.457 e. The van der Waals surface area contributed by atoms with Gasteiger partial charge in [-0.25, -0.2) is 4.68 Å². The first-order chi connectivity index (χ1) is 16.8. The average Bonchev–Trinajstić information content (AvgIpc) is 3.25. The topological polar surface area (TPSA) is 82.2 Å². The lowest BCUT2D eigenvalue weighted by Gasteiger charge is -2.40. The highest BCUT2D eigenvalue weighted by Gasteiger charge is 2.37. The number of amides is 1. The number of fused-ring (bicyclic) bond motifs is 1. The highest BCUT2D eigenvalue weighted by molar-refractivity contribution is 6.03. The number of carbonyl (C=O) groups is 1. The number of hydrogen-bond donors (Lipinski definition) is 2. The standard InChI is InChI=1S/C29H36N4O2/c1-29(2,3)21-13-9-19(10-14-21)24-17-18-31-28-25(27(30)34)26(32-33(24)28)20-11-15-23(16-12-20)35-22-7-5-4-6-8-22/h4-8,11-12,15-16,19,21,24,31H,9-10,13-14,17-18H2,1-3H3,(H2,30,34). The molecule has 1 aliphatic carbocycles. The van der Waals surface area contributed by atoms with Crippen LogP contribution in [0.15, 0.2) is 54.6 Å². The minimum absolute atomic E-state index is 0.291. The van der Waals surface area contributed by atoms with Crippen LogP contribution >= 0.6 is 0 Å². The number of carbonyl (C=O) groups excluding carboxylic acids is 1. The van der Waals surface area contributed by atoms with E-state index in [0.29, 0.717) is 28.6 Å². The summed E-state index contributed by atoms with van der Waals surface area (Å²) in [5.74, 6) is 3.18. The van der Waals surface area contributed by atoms with Crippen molar-refractivity contribution in [1.82, 2.24) is 9.78 Å². The number of nitrogens with one attached hydrogen (secondary N) is 1. The number of aromatic nitrogens is 2. The van der Waals surface area contributed by atoms with E-state index in [1.807, 2.05) is 54.6 Å². The summed E-state index contributed by atoms with van der Waals surface area (Å²) in [6, 6.07) is 17.7. The molecular formula is C29H36N4O2. The van der Waals surface area contributed by atoms with Crippen LogP contribution in [0.25, 0.3) is 11.3 Å². The molecule has 2 heterocycles. The number of rotatable bonds is 5. The maximum Gasteiger partial charge on any atom is 0.254 e. The van der Waals surface area contributed by atoms with Crippen LogP contribution in [0.2, 0.25) is 0 Å². The van der Waals surface area contributed by atoms with Gasteiger partial charge in [-0.3, -0.25) is 4.79 Å². The van der Waals surface area contributed by atoms with Crippen molar-refractivity contribution < 1.29 is 9.53 Å². The van der Waals surface area contributed by atoms with E-state index in [9.17, 15) is 4.79 Å². The van der Waals surface area contributed by atoms with E-state index < -0.39 is 5.91 Å². The Labute approximate surface area is 207 Å². The van der Waals surface area contributed by atoms with Crippen LogP contribution in [-0.2, 0) is 0 Å². The first kappa shape index (κ1) is 23.5. The fourth-order valence-corrected chi connectivity index (χ4v) is 5.85. The maximum atomic E-state index is 12.6. The monoisotopic (exact) mass is 472 g/mol. The first-order valence-electron chi connectivity index (χ1n) is 12.8. The fourth-order valence-electron chi connectivity index (χ4n) is 5.85. The molecule has 3 aromatic rings. The van der Waals surface area contributed by atoms with Gasteiger partial charge in [0.25, 0.3) is 5.91 Å². The predicted octanol–water partition coefficient (Wildman–Crippen LogP) is 6.65. The Morgan fingerprint density at radius 2 is 1.63 bits per heavy atom. The third-order valence-corrected chi connectivity index (χ3v) is 7.85. The molecule has 1 saturated carbocycles. The van der Waals surface area contributed by atoms with E-state index >= 15 is 0 Å². The van der Waals surface area contributed by atoms with Crippen LogP contribution in [0, 0.1) is 17.3 Å². The second kappa shape index (κ2) is 9.40. The SMILES string of the molecule is CC(C)(C)C1CCC(C2CCNc3c(C(N)=O)c(-c4ccc(Oc5ccccc5)cc4)nn32)CC1. The Hall–Kier alpha value is -3.28. The van der Waals surface area contributed by atoms with Gasteiger partial charge in [0.1, 0.15) is 28.6 Å². The van der Waals surface area contributed by atoms with Crippen LogP contribution in [0.1, 0.15) is 69.3 Å². The van der Waals surface area contributed by atoms with Crippen LogP contribution < -0.4 is 15.8 Å². The molecule has 0 spiro atoms. The van der Waals surface area contributed by atoms with Gasteiger partial charge < -0.3 is 15.8 Å². The predicted molar refractivity (Wildman–Crippen MR) is 140 cm³/mol. The number of nitrogens with zero attached hydrogens (tertiary/aromatic N) is 2. The summed E-state index contributed by atoms with van der Waals surface area (Å²) in [7, 11) is 0. The Morgan fingerprint density at radius 1 is 0.971 bits per heavy atom. The summed E-state index contributed by atoms with van der Waals surface area (Å²) < 4.78 is 7.99. The fraction of sp³-hybridized carbons (Fsp3) is 0.448. The van der Waals surface area contributed by atoms with E-state index in [4.69, 9.17) is 15.6 Å². The van der Waals surface area contributed by atoms with Crippen molar-refractivity contribution in [3.8, 4) is 22.8 Å². The molecule has 3 N–H and O–H groups in total. The molecule has 1 amide bonds. The zero-order valence-electron chi connectivity index (χ0n) is 21.0. The van der Waals surface area contributed by atoms with Gasteiger partial charge in [-0.05, 0) is 85.8 Å². The number of ether oxygens (including phenoxy) is 1. The van der Waals surface area contributed by atoms with E-state index in [1.54, 1.807) is 0 Å². The lowest BCUT2D eigenvalue weighted by molar-refractivity contribution is 0.100. The minimum atomic E-state index is -0.449. The van der Waals surface area contributed by atoms with Gasteiger partial charge in [-0.15, -0.1) is 0 Å². The van der Waals surface area contributed by atoms with Gasteiger partial charge >= 0.3 is 0 Å². The molecule has 184 valence electrons. The zero-order valence-corrected chi connectivity index (χ0v) is 21.0. The summed E-state index contributed by atoms with van der Waals surface area (Å²) in [5.41, 5.74) is 8.23. The molecule has 5 rings (SSSR count). The number of primary amides is 1. The van der Waals surface area contributed by atoms with Crippen molar-refractivity contribution in [2.75, 3.05) is 11.9 Å². The summed E-state index contributed by atoms with van der Waals surface area (Å²) >= 11 is 0. The Kier molecular flexibility index (Phi) is 6.30. The maximum absolute atomic E-state index is 12.6. The third kappa shape index (κ3) is 4.79. The van der Waals surface area contributed by atoms with E-state index in [0.717, 1.165) is 41.8 Å². The molecule has 2 aromatic carbocycles. The molecule has 1 aromatic heterocycles. The molecule has 0 saturated heterocycles. The van der Waals surface area contributed by atoms with Gasteiger partial charge in [0.05, 0.1) is 6.04 Å². The molecule has 1 atom stereocenters. The zero-order chi connectivity index (χ0) is 24.6. The Balaban J connectivity index is 1.41. The molecule has 1 unspecified atom stereocenters. The van der Waals surface area contributed by atoms with E-state index in [-0.39, 0.29) is 0 Å². The normalized spacial score (nSPS) is 22.2.